The fourth-order valence-electron chi connectivity index (χ4n) is 1.62. The second-order valence-corrected chi connectivity index (χ2v) is 4.75. The number of hydrogen-bond donors (Lipinski definition) is 0. The first-order valence-electron chi connectivity index (χ1n) is 5.51. The van der Waals surface area contributed by atoms with Gasteiger partial charge in [0.2, 0.25) is 0 Å². The standard InChI is InChI=1S/C14H14O3S/c1-16-12-6-3-10(4-7-12)13-8-5-11(9-18-13)14(15)17-2/h3-8H,9H2,1-2H3. The summed E-state index contributed by atoms with van der Waals surface area (Å²) in [6.07, 6.45) is 3.77. The molecule has 1 aromatic carbocycles. The van der Waals surface area contributed by atoms with Crippen LogP contribution in [-0.4, -0.2) is 25.9 Å². The van der Waals surface area contributed by atoms with E-state index in [0.717, 1.165) is 16.2 Å². The maximum absolute atomic E-state index is 11.3. The van der Waals surface area contributed by atoms with E-state index < -0.39 is 0 Å². The summed E-state index contributed by atoms with van der Waals surface area (Å²) in [5, 5.41) is 0. The average Bonchev–Trinajstić information content (AvgIpc) is 2.47. The minimum Gasteiger partial charge on any atom is -0.497 e. The quantitative estimate of drug-likeness (QED) is 0.785. The zero-order chi connectivity index (χ0) is 13.0. The third-order valence-corrected chi connectivity index (χ3v) is 3.78. The van der Waals surface area contributed by atoms with Crippen molar-refractivity contribution in [1.29, 1.82) is 0 Å². The molecular formula is C14H14O3S. The summed E-state index contributed by atoms with van der Waals surface area (Å²) in [5.74, 6) is 1.23. The van der Waals surface area contributed by atoms with Gasteiger partial charge in [-0.3, -0.25) is 0 Å². The smallest absolute Gasteiger partial charge is 0.334 e. The second-order valence-electron chi connectivity index (χ2n) is 3.73. The van der Waals surface area contributed by atoms with Gasteiger partial charge in [0.05, 0.1) is 14.2 Å². The van der Waals surface area contributed by atoms with E-state index in [1.807, 2.05) is 36.4 Å². The van der Waals surface area contributed by atoms with Gasteiger partial charge in [-0.25, -0.2) is 4.79 Å². The summed E-state index contributed by atoms with van der Waals surface area (Å²) < 4.78 is 9.81. The Hall–Kier alpha value is -1.68. The molecule has 0 saturated carbocycles. The highest BCUT2D eigenvalue weighted by molar-refractivity contribution is 8.08. The number of rotatable bonds is 3. The van der Waals surface area contributed by atoms with Crippen LogP contribution in [-0.2, 0) is 9.53 Å². The maximum atomic E-state index is 11.3. The van der Waals surface area contributed by atoms with Crippen molar-refractivity contribution in [2.75, 3.05) is 20.0 Å². The lowest BCUT2D eigenvalue weighted by atomic mass is 10.1. The van der Waals surface area contributed by atoms with Gasteiger partial charge in [-0.2, -0.15) is 0 Å². The van der Waals surface area contributed by atoms with Crippen molar-refractivity contribution < 1.29 is 14.3 Å². The van der Waals surface area contributed by atoms with Gasteiger partial charge in [0, 0.05) is 16.2 Å². The van der Waals surface area contributed by atoms with Crippen LogP contribution in [0.2, 0.25) is 0 Å². The molecule has 2 rings (SSSR count). The van der Waals surface area contributed by atoms with Crippen LogP contribution in [0.15, 0.2) is 42.0 Å². The molecule has 0 unspecified atom stereocenters. The van der Waals surface area contributed by atoms with Gasteiger partial charge in [-0.15, -0.1) is 11.8 Å². The molecule has 0 N–H and O–H groups in total. The number of carbonyl (C=O) groups excluding carboxylic acids is 1. The summed E-state index contributed by atoms with van der Waals surface area (Å²) in [5.41, 5.74) is 1.82. The zero-order valence-electron chi connectivity index (χ0n) is 10.3. The van der Waals surface area contributed by atoms with Gasteiger partial charge in [-0.1, -0.05) is 12.1 Å². The van der Waals surface area contributed by atoms with Crippen molar-refractivity contribution in [2.45, 2.75) is 0 Å². The molecular weight excluding hydrogens is 248 g/mol. The Morgan fingerprint density at radius 1 is 1.17 bits per heavy atom. The normalized spacial score (nSPS) is 14.6. The summed E-state index contributed by atoms with van der Waals surface area (Å²) in [6, 6.07) is 7.87. The number of ether oxygens (including phenoxy) is 2. The van der Waals surface area contributed by atoms with Crippen LogP contribution in [0.4, 0.5) is 0 Å². The molecule has 1 aliphatic heterocycles. The Morgan fingerprint density at radius 2 is 1.89 bits per heavy atom. The number of thioether (sulfide) groups is 1. The number of carbonyl (C=O) groups is 1. The minimum atomic E-state index is -0.257. The van der Waals surface area contributed by atoms with Crippen LogP contribution in [0.3, 0.4) is 0 Å². The Labute approximate surface area is 110 Å². The largest absolute Gasteiger partial charge is 0.497 e. The molecule has 18 heavy (non-hydrogen) atoms. The minimum absolute atomic E-state index is 0.257. The van der Waals surface area contributed by atoms with E-state index in [2.05, 4.69) is 0 Å². The second kappa shape index (κ2) is 5.78. The molecule has 1 aromatic rings. The highest BCUT2D eigenvalue weighted by Gasteiger charge is 2.14. The third-order valence-electron chi connectivity index (χ3n) is 2.64. The maximum Gasteiger partial charge on any atom is 0.334 e. The van der Waals surface area contributed by atoms with Gasteiger partial charge >= 0.3 is 5.97 Å². The number of esters is 1. The van der Waals surface area contributed by atoms with Crippen molar-refractivity contribution in [2.24, 2.45) is 0 Å². The van der Waals surface area contributed by atoms with Crippen LogP contribution >= 0.6 is 11.8 Å². The first kappa shape index (κ1) is 12.8. The third kappa shape index (κ3) is 2.76. The van der Waals surface area contributed by atoms with Crippen LogP contribution in [0.1, 0.15) is 5.56 Å². The van der Waals surface area contributed by atoms with Crippen LogP contribution in [0, 0.1) is 0 Å². The Balaban J connectivity index is 2.17. The highest BCUT2D eigenvalue weighted by Crippen LogP contribution is 2.33. The van der Waals surface area contributed by atoms with Crippen LogP contribution < -0.4 is 4.74 Å². The van der Waals surface area contributed by atoms with Gasteiger partial charge in [0.25, 0.3) is 0 Å². The molecule has 0 bridgehead atoms. The van der Waals surface area contributed by atoms with Crippen LogP contribution in [0.5, 0.6) is 5.75 Å². The topological polar surface area (TPSA) is 35.5 Å². The summed E-state index contributed by atoms with van der Waals surface area (Å²) >= 11 is 1.63. The Bertz CT molecular complexity index is 500. The lowest BCUT2D eigenvalue weighted by Crippen LogP contribution is -2.08. The molecule has 1 heterocycles. The monoisotopic (exact) mass is 262 g/mol. The average molecular weight is 262 g/mol. The first-order chi connectivity index (χ1) is 8.74. The van der Waals surface area contributed by atoms with E-state index in [1.54, 1.807) is 18.9 Å². The predicted octanol–water partition coefficient (Wildman–Crippen LogP) is 2.88. The number of allylic oxidation sites excluding steroid dienone is 2. The van der Waals surface area contributed by atoms with Crippen molar-refractivity contribution in [3.05, 3.63) is 47.6 Å². The molecule has 0 amide bonds. The van der Waals surface area contributed by atoms with E-state index in [0.29, 0.717) is 11.3 Å². The summed E-state index contributed by atoms with van der Waals surface area (Å²) in [4.78, 5) is 12.5. The van der Waals surface area contributed by atoms with Gasteiger partial charge < -0.3 is 9.47 Å². The SMILES string of the molecule is COC(=O)C1=CC=C(c2ccc(OC)cc2)SC1. The molecule has 0 aromatic heterocycles. The molecule has 0 saturated heterocycles. The molecule has 0 radical (unpaired) electrons. The fourth-order valence-corrected chi connectivity index (χ4v) is 2.61. The van der Waals surface area contributed by atoms with Crippen molar-refractivity contribution >= 4 is 22.6 Å². The molecule has 94 valence electrons. The molecule has 3 nitrogen and oxygen atoms in total. The van der Waals surface area contributed by atoms with Gasteiger partial charge in [0.15, 0.2) is 0 Å². The van der Waals surface area contributed by atoms with Crippen molar-refractivity contribution in [3.63, 3.8) is 0 Å². The lowest BCUT2D eigenvalue weighted by Gasteiger charge is -2.13. The number of benzene rings is 1. The summed E-state index contributed by atoms with van der Waals surface area (Å²) in [7, 11) is 3.05. The molecule has 0 spiro atoms. The number of hydrogen-bond acceptors (Lipinski definition) is 4. The van der Waals surface area contributed by atoms with E-state index >= 15 is 0 Å². The Morgan fingerprint density at radius 3 is 2.39 bits per heavy atom. The summed E-state index contributed by atoms with van der Waals surface area (Å²) in [6.45, 7) is 0. The molecule has 4 heteroatoms. The van der Waals surface area contributed by atoms with Gasteiger partial charge in [-0.05, 0) is 29.8 Å². The van der Waals surface area contributed by atoms with Crippen molar-refractivity contribution in [3.8, 4) is 5.75 Å². The molecule has 0 aliphatic carbocycles. The molecule has 0 fully saturated rings. The fraction of sp³-hybridized carbons (Fsp3) is 0.214. The molecule has 0 atom stereocenters. The number of methoxy groups -OCH3 is 2. The predicted molar refractivity (Wildman–Crippen MR) is 73.5 cm³/mol. The Kier molecular flexibility index (Phi) is 4.10. The first-order valence-corrected chi connectivity index (χ1v) is 6.49. The molecule has 1 aliphatic rings. The van der Waals surface area contributed by atoms with E-state index in [4.69, 9.17) is 9.47 Å². The van der Waals surface area contributed by atoms with E-state index in [1.165, 1.54) is 7.11 Å². The van der Waals surface area contributed by atoms with E-state index in [-0.39, 0.29) is 5.97 Å². The van der Waals surface area contributed by atoms with E-state index in [9.17, 15) is 4.79 Å². The van der Waals surface area contributed by atoms with Crippen LogP contribution in [0.25, 0.3) is 4.91 Å². The highest BCUT2D eigenvalue weighted by atomic mass is 32.2. The van der Waals surface area contributed by atoms with Crippen molar-refractivity contribution in [1.82, 2.24) is 0 Å². The lowest BCUT2D eigenvalue weighted by molar-refractivity contribution is -0.135. The van der Waals surface area contributed by atoms with Gasteiger partial charge in [0.1, 0.15) is 5.75 Å². The zero-order valence-corrected chi connectivity index (χ0v) is 11.1.